The van der Waals surface area contributed by atoms with Gasteiger partial charge in [-0.2, -0.15) is 0 Å². The molecule has 3 rings (SSSR count). The van der Waals surface area contributed by atoms with Crippen molar-refractivity contribution in [3.8, 4) is 0 Å². The van der Waals surface area contributed by atoms with Gasteiger partial charge in [-0.1, -0.05) is 29.3 Å². The zero-order valence-electron chi connectivity index (χ0n) is 10.5. The largest absolute Gasteiger partial charge is 0.320 e. The monoisotopic (exact) mass is 339 g/mol. The average molecular weight is 340 g/mol. The van der Waals surface area contributed by atoms with Gasteiger partial charge in [0.1, 0.15) is 5.82 Å². The predicted molar refractivity (Wildman–Crippen MR) is 86.2 cm³/mol. The Morgan fingerprint density at radius 3 is 2.67 bits per heavy atom. The highest BCUT2D eigenvalue weighted by Gasteiger charge is 2.14. The molecule has 0 radical (unpaired) electrons. The van der Waals surface area contributed by atoms with Gasteiger partial charge < -0.3 is 5.32 Å². The maximum atomic E-state index is 13.6. The number of carbonyl (C=O) groups is 1. The summed E-state index contributed by atoms with van der Waals surface area (Å²) in [4.78, 5) is 12.6. The summed E-state index contributed by atoms with van der Waals surface area (Å²) in [6.45, 7) is 0. The number of thiophene rings is 1. The number of anilines is 1. The first-order valence-corrected chi connectivity index (χ1v) is 7.56. The molecule has 3 aromatic rings. The SMILES string of the molecule is O=C(Nc1ccc(Cl)cc1Cl)c1cc2c(F)cccc2s1. The molecule has 0 bridgehead atoms. The van der Waals surface area contributed by atoms with Crippen molar-refractivity contribution in [2.75, 3.05) is 5.32 Å². The third-order valence-corrected chi connectivity index (χ3v) is 4.56. The third-order valence-electron chi connectivity index (χ3n) is 2.91. The van der Waals surface area contributed by atoms with E-state index in [-0.39, 0.29) is 11.7 Å². The van der Waals surface area contributed by atoms with E-state index in [4.69, 9.17) is 23.2 Å². The lowest BCUT2D eigenvalue weighted by Gasteiger charge is -2.05. The second-order valence-corrected chi connectivity index (χ2v) is 6.27. The third kappa shape index (κ3) is 2.88. The molecule has 2 aromatic carbocycles. The molecule has 0 saturated carbocycles. The average Bonchev–Trinajstić information content (AvgIpc) is 2.87. The number of fused-ring (bicyclic) bond motifs is 1. The minimum Gasteiger partial charge on any atom is -0.320 e. The molecule has 0 fully saturated rings. The second kappa shape index (κ2) is 5.64. The van der Waals surface area contributed by atoms with Crippen LogP contribution in [-0.4, -0.2) is 5.91 Å². The highest BCUT2D eigenvalue weighted by molar-refractivity contribution is 7.20. The zero-order chi connectivity index (χ0) is 15.0. The quantitative estimate of drug-likeness (QED) is 0.646. The Kier molecular flexibility index (Phi) is 3.85. The van der Waals surface area contributed by atoms with Crippen molar-refractivity contribution >= 4 is 56.2 Å². The number of amides is 1. The van der Waals surface area contributed by atoms with Crippen LogP contribution in [0.4, 0.5) is 10.1 Å². The Bertz CT molecular complexity index is 847. The molecule has 0 spiro atoms. The molecule has 0 aliphatic heterocycles. The van der Waals surface area contributed by atoms with Gasteiger partial charge in [-0.25, -0.2) is 4.39 Å². The van der Waals surface area contributed by atoms with E-state index >= 15 is 0 Å². The molecule has 21 heavy (non-hydrogen) atoms. The molecule has 1 N–H and O–H groups in total. The maximum absolute atomic E-state index is 13.6. The predicted octanol–water partition coefficient (Wildman–Crippen LogP) is 5.60. The van der Waals surface area contributed by atoms with Crippen LogP contribution in [0, 0.1) is 5.82 Å². The number of benzene rings is 2. The summed E-state index contributed by atoms with van der Waals surface area (Å²) >= 11 is 13.0. The van der Waals surface area contributed by atoms with Crippen molar-refractivity contribution in [3.63, 3.8) is 0 Å². The molecule has 0 unspecified atom stereocenters. The molecule has 0 aliphatic carbocycles. The van der Waals surface area contributed by atoms with Crippen LogP contribution in [0.15, 0.2) is 42.5 Å². The number of hydrogen-bond acceptors (Lipinski definition) is 2. The van der Waals surface area contributed by atoms with E-state index in [0.717, 1.165) is 4.70 Å². The van der Waals surface area contributed by atoms with Crippen molar-refractivity contribution in [2.45, 2.75) is 0 Å². The van der Waals surface area contributed by atoms with E-state index < -0.39 is 0 Å². The van der Waals surface area contributed by atoms with E-state index in [9.17, 15) is 9.18 Å². The Hall–Kier alpha value is -1.62. The van der Waals surface area contributed by atoms with E-state index in [1.54, 1.807) is 30.3 Å². The molecule has 0 atom stereocenters. The maximum Gasteiger partial charge on any atom is 0.265 e. The topological polar surface area (TPSA) is 29.1 Å². The first-order chi connectivity index (χ1) is 10.0. The van der Waals surface area contributed by atoms with Gasteiger partial charge in [-0.15, -0.1) is 11.3 Å². The Balaban J connectivity index is 1.92. The summed E-state index contributed by atoms with van der Waals surface area (Å²) in [5.74, 6) is -0.674. The summed E-state index contributed by atoms with van der Waals surface area (Å²) in [5, 5.41) is 3.97. The van der Waals surface area contributed by atoms with Crippen LogP contribution in [-0.2, 0) is 0 Å². The molecule has 106 valence electrons. The van der Waals surface area contributed by atoms with Gasteiger partial charge in [-0.3, -0.25) is 4.79 Å². The van der Waals surface area contributed by atoms with Crippen LogP contribution >= 0.6 is 34.5 Å². The number of carbonyl (C=O) groups excluding carboxylic acids is 1. The molecular formula is C15H8Cl2FNOS. The van der Waals surface area contributed by atoms with Crippen LogP contribution in [0.2, 0.25) is 10.0 Å². The summed E-state index contributed by atoms with van der Waals surface area (Å²) < 4.78 is 14.4. The molecule has 0 aliphatic rings. The number of hydrogen-bond donors (Lipinski definition) is 1. The fourth-order valence-corrected chi connectivity index (χ4v) is 3.34. The highest BCUT2D eigenvalue weighted by atomic mass is 35.5. The van der Waals surface area contributed by atoms with Crippen molar-refractivity contribution < 1.29 is 9.18 Å². The second-order valence-electron chi connectivity index (χ2n) is 4.34. The molecule has 2 nitrogen and oxygen atoms in total. The normalized spacial score (nSPS) is 10.8. The lowest BCUT2D eigenvalue weighted by Crippen LogP contribution is -2.10. The van der Waals surface area contributed by atoms with E-state index in [0.29, 0.717) is 26.0 Å². The fourth-order valence-electron chi connectivity index (χ4n) is 1.91. The molecular weight excluding hydrogens is 332 g/mol. The first kappa shape index (κ1) is 14.3. The van der Waals surface area contributed by atoms with Crippen LogP contribution < -0.4 is 5.32 Å². The Morgan fingerprint density at radius 2 is 1.95 bits per heavy atom. The van der Waals surface area contributed by atoms with Crippen LogP contribution in [0.1, 0.15) is 9.67 Å². The number of nitrogens with one attached hydrogen (secondary N) is 1. The van der Waals surface area contributed by atoms with E-state index in [1.807, 2.05) is 0 Å². The Morgan fingerprint density at radius 1 is 1.14 bits per heavy atom. The first-order valence-electron chi connectivity index (χ1n) is 5.99. The lowest BCUT2D eigenvalue weighted by atomic mass is 10.2. The minimum absolute atomic E-state index is 0.333. The highest BCUT2D eigenvalue weighted by Crippen LogP contribution is 2.30. The van der Waals surface area contributed by atoms with Crippen molar-refractivity contribution in [3.05, 3.63) is 63.2 Å². The van der Waals surface area contributed by atoms with Gasteiger partial charge in [0.25, 0.3) is 5.91 Å². The lowest BCUT2D eigenvalue weighted by molar-refractivity contribution is 0.103. The summed E-state index contributed by atoms with van der Waals surface area (Å²) in [6, 6.07) is 11.1. The van der Waals surface area contributed by atoms with Crippen molar-refractivity contribution in [2.24, 2.45) is 0 Å². The van der Waals surface area contributed by atoms with Gasteiger partial charge >= 0.3 is 0 Å². The molecule has 1 aromatic heterocycles. The summed E-state index contributed by atoms with van der Waals surface area (Å²) in [5.41, 5.74) is 0.462. The molecule has 1 heterocycles. The van der Waals surface area contributed by atoms with Gasteiger partial charge in [-0.05, 0) is 36.4 Å². The summed E-state index contributed by atoms with van der Waals surface area (Å²) in [6.07, 6.45) is 0. The van der Waals surface area contributed by atoms with Crippen molar-refractivity contribution in [1.82, 2.24) is 0 Å². The van der Waals surface area contributed by atoms with E-state index in [1.165, 1.54) is 23.5 Å². The van der Waals surface area contributed by atoms with Gasteiger partial charge in [0.15, 0.2) is 0 Å². The smallest absolute Gasteiger partial charge is 0.265 e. The number of halogens is 3. The minimum atomic E-state index is -0.340. The van der Waals surface area contributed by atoms with Crippen LogP contribution in [0.5, 0.6) is 0 Å². The zero-order valence-corrected chi connectivity index (χ0v) is 12.8. The fraction of sp³-hybridized carbons (Fsp3) is 0. The molecule has 6 heteroatoms. The van der Waals surface area contributed by atoms with Gasteiger partial charge in [0, 0.05) is 15.1 Å². The number of rotatable bonds is 2. The van der Waals surface area contributed by atoms with Gasteiger partial charge in [0.2, 0.25) is 0 Å². The molecule has 0 saturated heterocycles. The Labute approximate surface area is 134 Å². The van der Waals surface area contributed by atoms with Gasteiger partial charge in [0.05, 0.1) is 15.6 Å². The summed E-state index contributed by atoms with van der Waals surface area (Å²) in [7, 11) is 0. The van der Waals surface area contributed by atoms with Crippen molar-refractivity contribution in [1.29, 1.82) is 0 Å². The standard InChI is InChI=1S/C15H8Cl2FNOS/c16-8-4-5-12(10(17)6-8)19-15(20)14-7-9-11(18)2-1-3-13(9)21-14/h1-7H,(H,19,20). The van der Waals surface area contributed by atoms with Crippen LogP contribution in [0.25, 0.3) is 10.1 Å². The van der Waals surface area contributed by atoms with Crippen LogP contribution in [0.3, 0.4) is 0 Å². The van der Waals surface area contributed by atoms with E-state index in [2.05, 4.69) is 5.32 Å². The molecule has 1 amide bonds.